The first-order valence-corrected chi connectivity index (χ1v) is 11.2. The predicted molar refractivity (Wildman–Crippen MR) is 114 cm³/mol. The van der Waals surface area contributed by atoms with Gasteiger partial charge in [0.2, 0.25) is 11.8 Å². The van der Waals surface area contributed by atoms with Crippen LogP contribution >= 0.6 is 11.8 Å². The van der Waals surface area contributed by atoms with Crippen molar-refractivity contribution in [2.24, 2.45) is 28.3 Å². The number of aliphatic imine (C=N–C) groups is 1. The minimum absolute atomic E-state index is 0.00864. The molecular formula is C19H28N6O5S. The smallest absolute Gasteiger partial charge is 0.353 e. The van der Waals surface area contributed by atoms with Gasteiger partial charge in [-0.3, -0.25) is 9.59 Å². The molecule has 2 amide bonds. The van der Waals surface area contributed by atoms with E-state index in [0.29, 0.717) is 31.0 Å². The Morgan fingerprint density at radius 1 is 1.32 bits per heavy atom. The van der Waals surface area contributed by atoms with Gasteiger partial charge in [-0.15, -0.1) is 11.8 Å². The fourth-order valence-electron chi connectivity index (χ4n) is 4.99. The monoisotopic (exact) mass is 452 g/mol. The number of carboxylic acid groups (broad SMARTS) is 1. The number of nitrogens with one attached hydrogen (secondary N) is 1. The maximum absolute atomic E-state index is 12.7. The largest absolute Gasteiger partial charge is 0.477 e. The molecule has 3 saturated heterocycles. The molecule has 7 N–H and O–H groups in total. The molecule has 6 atom stereocenters. The summed E-state index contributed by atoms with van der Waals surface area (Å²) in [4.78, 5) is 44.8. The molecule has 0 aliphatic carbocycles. The van der Waals surface area contributed by atoms with Crippen molar-refractivity contribution in [3.8, 4) is 0 Å². The number of amides is 2. The number of fused-ring (bicyclic) bond motifs is 1. The first-order valence-electron chi connectivity index (χ1n) is 10.4. The van der Waals surface area contributed by atoms with Crippen LogP contribution in [-0.2, 0) is 14.4 Å². The van der Waals surface area contributed by atoms with E-state index in [1.54, 1.807) is 11.8 Å². The van der Waals surface area contributed by atoms with Gasteiger partial charge in [-0.25, -0.2) is 9.79 Å². The van der Waals surface area contributed by atoms with Gasteiger partial charge < -0.3 is 36.8 Å². The lowest BCUT2D eigenvalue weighted by atomic mass is 9.79. The number of likely N-dealkylation sites (tertiary alicyclic amines) is 1. The van der Waals surface area contributed by atoms with Crippen LogP contribution in [0.2, 0.25) is 0 Å². The fraction of sp³-hybridized carbons (Fsp3) is 0.684. The normalized spacial score (nSPS) is 33.6. The standard InChI is InChI=1S/C19H28N6O5S/c1-7-13-12(8(2)26)17(28)25(13)14(18(29)30)15(7)31-10-3-11(22-4-10)16(27)24-5-9(6-24)23-19(20)21/h7-13,22,26H,3-6H2,1-2H3,(H,29,30)(H4,20,21,23)/t7-,8-,10+,11+,12-,13-/m1/s1. The summed E-state index contributed by atoms with van der Waals surface area (Å²) in [6.07, 6.45) is -0.265. The first-order chi connectivity index (χ1) is 14.6. The zero-order valence-electron chi connectivity index (χ0n) is 17.4. The van der Waals surface area contributed by atoms with Crippen LogP contribution < -0.4 is 16.8 Å². The van der Waals surface area contributed by atoms with E-state index < -0.39 is 18.0 Å². The molecule has 3 fully saturated rings. The number of hydrogen-bond donors (Lipinski definition) is 5. The Bertz CT molecular complexity index is 866. The highest BCUT2D eigenvalue weighted by Crippen LogP contribution is 2.51. The van der Waals surface area contributed by atoms with Gasteiger partial charge in [-0.2, -0.15) is 0 Å². The van der Waals surface area contributed by atoms with Crippen molar-refractivity contribution in [3.05, 3.63) is 10.6 Å². The lowest BCUT2D eigenvalue weighted by molar-refractivity contribution is -0.163. The van der Waals surface area contributed by atoms with Crippen LogP contribution in [0, 0.1) is 11.8 Å². The number of thioether (sulfide) groups is 1. The number of rotatable bonds is 6. The highest BCUT2D eigenvalue weighted by Gasteiger charge is 2.60. The van der Waals surface area contributed by atoms with Crippen LogP contribution in [0.5, 0.6) is 0 Å². The molecule has 31 heavy (non-hydrogen) atoms. The molecule has 0 saturated carbocycles. The van der Waals surface area contributed by atoms with Gasteiger partial charge in [0.1, 0.15) is 5.70 Å². The third kappa shape index (κ3) is 3.66. The van der Waals surface area contributed by atoms with E-state index in [2.05, 4.69) is 10.3 Å². The first kappa shape index (κ1) is 21.9. The van der Waals surface area contributed by atoms with Crippen LogP contribution in [0.15, 0.2) is 15.6 Å². The molecule has 4 heterocycles. The van der Waals surface area contributed by atoms with Crippen molar-refractivity contribution >= 4 is 35.5 Å². The highest BCUT2D eigenvalue weighted by molar-refractivity contribution is 8.03. The summed E-state index contributed by atoms with van der Waals surface area (Å²) in [5, 5.41) is 22.9. The Labute approximate surface area is 183 Å². The minimum atomic E-state index is -1.14. The summed E-state index contributed by atoms with van der Waals surface area (Å²) in [7, 11) is 0. The number of carbonyl (C=O) groups excluding carboxylic acids is 2. The number of β-lactam (4-membered cyclic amide) rings is 1. The second-order valence-electron chi connectivity index (χ2n) is 8.66. The molecule has 4 aliphatic rings. The summed E-state index contributed by atoms with van der Waals surface area (Å²) >= 11 is 1.43. The Balaban J connectivity index is 1.40. The van der Waals surface area contributed by atoms with Gasteiger partial charge in [-0.05, 0) is 13.3 Å². The SMILES string of the molecule is C[C@@H](O)[C@H]1C(=O)N2C(C(=O)O)=C(S[C@@H]3CN[C@H](C(=O)N4CC(N=C(N)N)C4)C3)[C@H](C)[C@H]12. The number of carboxylic acids is 1. The van der Waals surface area contributed by atoms with Crippen LogP contribution in [0.1, 0.15) is 20.3 Å². The van der Waals surface area contributed by atoms with Gasteiger partial charge in [0, 0.05) is 35.7 Å². The van der Waals surface area contributed by atoms with Crippen LogP contribution in [0.3, 0.4) is 0 Å². The average Bonchev–Trinajstić information content (AvgIpc) is 3.19. The predicted octanol–water partition coefficient (Wildman–Crippen LogP) is -1.91. The molecule has 0 aromatic rings. The third-order valence-electron chi connectivity index (χ3n) is 6.50. The quantitative estimate of drug-likeness (QED) is 0.175. The van der Waals surface area contributed by atoms with Gasteiger partial charge in [0.05, 0.1) is 30.1 Å². The lowest BCUT2D eigenvalue weighted by Gasteiger charge is -2.46. The zero-order valence-corrected chi connectivity index (χ0v) is 18.2. The number of hydrogen-bond acceptors (Lipinski definition) is 7. The van der Waals surface area contributed by atoms with Gasteiger partial charge in [0.15, 0.2) is 5.96 Å². The maximum atomic E-state index is 12.7. The number of nitrogens with zero attached hydrogens (tertiary/aromatic N) is 3. The fourth-order valence-corrected chi connectivity index (χ4v) is 6.47. The molecular weight excluding hydrogens is 424 g/mol. The molecule has 0 spiro atoms. The Morgan fingerprint density at radius 3 is 2.58 bits per heavy atom. The molecule has 0 radical (unpaired) electrons. The summed E-state index contributed by atoms with van der Waals surface area (Å²) in [5.41, 5.74) is 10.8. The molecule has 4 aliphatic heterocycles. The van der Waals surface area contributed by atoms with E-state index >= 15 is 0 Å². The van der Waals surface area contributed by atoms with Crippen LogP contribution in [-0.4, -0.2) is 92.9 Å². The van der Waals surface area contributed by atoms with Gasteiger partial charge in [0.25, 0.3) is 0 Å². The third-order valence-corrected chi connectivity index (χ3v) is 8.01. The van der Waals surface area contributed by atoms with Crippen LogP contribution in [0.25, 0.3) is 0 Å². The van der Waals surface area contributed by atoms with E-state index in [0.717, 1.165) is 0 Å². The Hall–Kier alpha value is -2.31. The van der Waals surface area contributed by atoms with E-state index in [4.69, 9.17) is 11.5 Å². The van der Waals surface area contributed by atoms with E-state index in [9.17, 15) is 24.6 Å². The second-order valence-corrected chi connectivity index (χ2v) is 10.0. The van der Waals surface area contributed by atoms with Gasteiger partial charge in [-0.1, -0.05) is 6.92 Å². The van der Waals surface area contributed by atoms with Crippen molar-refractivity contribution in [2.75, 3.05) is 19.6 Å². The van der Waals surface area contributed by atoms with E-state index in [-0.39, 0.29) is 52.8 Å². The van der Waals surface area contributed by atoms with E-state index in [1.807, 2.05) is 6.92 Å². The summed E-state index contributed by atoms with van der Waals surface area (Å²) in [5.74, 6) is -2.24. The number of aliphatic hydroxyl groups excluding tert-OH is 1. The van der Waals surface area contributed by atoms with E-state index in [1.165, 1.54) is 16.7 Å². The molecule has 0 aromatic carbocycles. The number of guanidine groups is 1. The number of aliphatic carboxylic acids is 1. The molecule has 170 valence electrons. The Morgan fingerprint density at radius 2 is 2.00 bits per heavy atom. The van der Waals surface area contributed by atoms with Crippen LogP contribution in [0.4, 0.5) is 0 Å². The summed E-state index contributed by atoms with van der Waals surface area (Å²) < 4.78 is 0. The summed E-state index contributed by atoms with van der Waals surface area (Å²) in [6, 6.07) is -0.736. The molecule has 0 aromatic heterocycles. The number of nitrogens with two attached hydrogens (primary N) is 2. The maximum Gasteiger partial charge on any atom is 0.353 e. The van der Waals surface area contributed by atoms with Crippen molar-refractivity contribution in [1.29, 1.82) is 0 Å². The Kier molecular flexibility index (Phi) is 5.64. The zero-order chi connectivity index (χ0) is 22.6. The lowest BCUT2D eigenvalue weighted by Crippen LogP contribution is -2.63. The minimum Gasteiger partial charge on any atom is -0.477 e. The number of carbonyl (C=O) groups is 3. The molecule has 4 rings (SSSR count). The molecule has 0 unspecified atom stereocenters. The molecule has 11 nitrogen and oxygen atoms in total. The average molecular weight is 453 g/mol. The van der Waals surface area contributed by atoms with Crippen molar-refractivity contribution in [2.45, 2.75) is 49.7 Å². The highest BCUT2D eigenvalue weighted by atomic mass is 32.2. The van der Waals surface area contributed by atoms with Gasteiger partial charge >= 0.3 is 5.97 Å². The molecule has 12 heteroatoms. The second kappa shape index (κ2) is 7.99. The van der Waals surface area contributed by atoms with Crippen molar-refractivity contribution < 1.29 is 24.6 Å². The van der Waals surface area contributed by atoms with Crippen molar-refractivity contribution in [1.82, 2.24) is 15.1 Å². The van der Waals surface area contributed by atoms with Crippen molar-refractivity contribution in [3.63, 3.8) is 0 Å². The molecule has 0 bridgehead atoms. The number of aliphatic hydroxyl groups is 1. The topological polar surface area (TPSA) is 175 Å². The summed E-state index contributed by atoms with van der Waals surface area (Å²) in [6.45, 7) is 4.98.